The smallest absolute Gasteiger partial charge is 0.243 e. The summed E-state index contributed by atoms with van der Waals surface area (Å²) in [6.07, 6.45) is 1.83. The summed E-state index contributed by atoms with van der Waals surface area (Å²) in [5.41, 5.74) is 1.41. The first-order chi connectivity index (χ1) is 14.8. The molecule has 1 amide bonds. The molecule has 3 heterocycles. The van der Waals surface area contributed by atoms with Crippen molar-refractivity contribution in [3.8, 4) is 10.7 Å². The first-order valence-electron chi connectivity index (χ1n) is 9.43. The van der Waals surface area contributed by atoms with Crippen LogP contribution in [0.25, 0.3) is 10.7 Å². The highest BCUT2D eigenvalue weighted by Crippen LogP contribution is 2.24. The Hall–Kier alpha value is -2.40. The molecule has 0 spiro atoms. The molecule has 1 aromatic carbocycles. The van der Waals surface area contributed by atoms with Gasteiger partial charge in [0.05, 0.1) is 27.7 Å². The highest BCUT2D eigenvalue weighted by Gasteiger charge is 2.30. The standard InChI is InChI=1S/C20H18ClFN4O3S2/c21-16-12-15(4-5-17(16)22)31(28,29)26-9-7-25(8-10-26)19(27)11-14-13-30-20(24-14)18-3-1-2-6-23-18/h1-6,12-13H,7-11H2. The summed E-state index contributed by atoms with van der Waals surface area (Å²) in [6.45, 7) is 0.840. The normalized spacial score (nSPS) is 15.2. The summed E-state index contributed by atoms with van der Waals surface area (Å²) in [7, 11) is -3.81. The van der Waals surface area contributed by atoms with Crippen LogP contribution in [0.5, 0.6) is 0 Å². The van der Waals surface area contributed by atoms with E-state index in [1.807, 2.05) is 23.6 Å². The van der Waals surface area contributed by atoms with Gasteiger partial charge in [-0.1, -0.05) is 17.7 Å². The minimum atomic E-state index is -3.81. The third kappa shape index (κ3) is 4.77. The van der Waals surface area contributed by atoms with Gasteiger partial charge in [0.1, 0.15) is 10.8 Å². The molecule has 0 saturated carbocycles. The van der Waals surface area contributed by atoms with Crippen LogP contribution in [-0.4, -0.2) is 59.7 Å². The molecule has 0 unspecified atom stereocenters. The fourth-order valence-corrected chi connectivity index (χ4v) is 5.72. The number of halogens is 2. The molecular weight excluding hydrogens is 463 g/mol. The van der Waals surface area contributed by atoms with Crippen LogP contribution in [0.2, 0.25) is 5.02 Å². The van der Waals surface area contributed by atoms with Gasteiger partial charge >= 0.3 is 0 Å². The Morgan fingerprint density at radius 3 is 2.61 bits per heavy atom. The number of amides is 1. The van der Waals surface area contributed by atoms with Crippen molar-refractivity contribution in [3.63, 3.8) is 0 Å². The first-order valence-corrected chi connectivity index (χ1v) is 12.1. The number of piperazine rings is 1. The van der Waals surface area contributed by atoms with Crippen molar-refractivity contribution in [2.45, 2.75) is 11.3 Å². The molecule has 2 aromatic heterocycles. The lowest BCUT2D eigenvalue weighted by Crippen LogP contribution is -2.50. The average molecular weight is 481 g/mol. The minimum Gasteiger partial charge on any atom is -0.340 e. The van der Waals surface area contributed by atoms with E-state index in [9.17, 15) is 17.6 Å². The second-order valence-corrected chi connectivity index (χ2v) is 10.1. The largest absolute Gasteiger partial charge is 0.340 e. The van der Waals surface area contributed by atoms with E-state index in [4.69, 9.17) is 11.6 Å². The van der Waals surface area contributed by atoms with E-state index < -0.39 is 15.8 Å². The molecule has 0 atom stereocenters. The zero-order valence-electron chi connectivity index (χ0n) is 16.2. The number of hydrogen-bond donors (Lipinski definition) is 0. The van der Waals surface area contributed by atoms with Gasteiger partial charge in [0.15, 0.2) is 0 Å². The number of nitrogens with zero attached hydrogens (tertiary/aromatic N) is 4. The molecule has 7 nitrogen and oxygen atoms in total. The first kappa shape index (κ1) is 21.8. The van der Waals surface area contributed by atoms with Gasteiger partial charge < -0.3 is 4.90 Å². The zero-order chi connectivity index (χ0) is 22.0. The number of pyridine rings is 1. The van der Waals surface area contributed by atoms with Crippen LogP contribution in [0.1, 0.15) is 5.69 Å². The second-order valence-electron chi connectivity index (χ2n) is 6.90. The van der Waals surface area contributed by atoms with Crippen LogP contribution in [0, 0.1) is 5.82 Å². The van der Waals surface area contributed by atoms with Crippen LogP contribution >= 0.6 is 22.9 Å². The van der Waals surface area contributed by atoms with E-state index >= 15 is 0 Å². The van der Waals surface area contributed by atoms with Gasteiger partial charge in [-0.05, 0) is 30.3 Å². The quantitative estimate of drug-likeness (QED) is 0.560. The number of rotatable bonds is 5. The molecule has 11 heteroatoms. The molecule has 0 N–H and O–H groups in total. The van der Waals surface area contributed by atoms with Crippen LogP contribution < -0.4 is 0 Å². The number of thiazole rings is 1. The molecule has 0 aliphatic carbocycles. The molecule has 1 aliphatic heterocycles. The van der Waals surface area contributed by atoms with Gasteiger partial charge in [0, 0.05) is 37.8 Å². The summed E-state index contributed by atoms with van der Waals surface area (Å²) in [5.74, 6) is -0.788. The molecule has 3 aromatic rings. The Labute approximate surface area is 188 Å². The van der Waals surface area contributed by atoms with Crippen LogP contribution in [-0.2, 0) is 21.2 Å². The number of carbonyl (C=O) groups excluding carboxylic acids is 1. The van der Waals surface area contributed by atoms with Crippen LogP contribution in [0.15, 0.2) is 52.9 Å². The van der Waals surface area contributed by atoms with Crippen LogP contribution in [0.4, 0.5) is 4.39 Å². The lowest BCUT2D eigenvalue weighted by Gasteiger charge is -2.34. The van der Waals surface area contributed by atoms with E-state index in [1.165, 1.54) is 21.7 Å². The molecule has 162 valence electrons. The van der Waals surface area contributed by atoms with Crippen molar-refractivity contribution >= 4 is 38.9 Å². The summed E-state index contributed by atoms with van der Waals surface area (Å²) in [5, 5.41) is 2.33. The van der Waals surface area contributed by atoms with Crippen molar-refractivity contribution in [2.75, 3.05) is 26.2 Å². The Kier molecular flexibility index (Phi) is 6.33. The molecule has 31 heavy (non-hydrogen) atoms. The highest BCUT2D eigenvalue weighted by atomic mass is 35.5. The van der Waals surface area contributed by atoms with Gasteiger partial charge in [0.25, 0.3) is 0 Å². The fourth-order valence-electron chi connectivity index (χ4n) is 3.23. The highest BCUT2D eigenvalue weighted by molar-refractivity contribution is 7.89. The number of benzene rings is 1. The molecule has 1 fully saturated rings. The Morgan fingerprint density at radius 2 is 1.94 bits per heavy atom. The molecule has 0 radical (unpaired) electrons. The number of hydrogen-bond acceptors (Lipinski definition) is 6. The molecular formula is C20H18ClFN4O3S2. The summed E-state index contributed by atoms with van der Waals surface area (Å²) < 4.78 is 40.2. The number of aromatic nitrogens is 2. The second kappa shape index (κ2) is 8.99. The van der Waals surface area contributed by atoms with Gasteiger partial charge in [-0.25, -0.2) is 17.8 Å². The van der Waals surface area contributed by atoms with Gasteiger partial charge in [0.2, 0.25) is 15.9 Å². The average Bonchev–Trinajstić information content (AvgIpc) is 3.24. The summed E-state index contributed by atoms with van der Waals surface area (Å²) in [6, 6.07) is 8.88. The minimum absolute atomic E-state index is 0.0665. The van der Waals surface area contributed by atoms with Gasteiger partial charge in [-0.3, -0.25) is 9.78 Å². The maximum Gasteiger partial charge on any atom is 0.243 e. The lowest BCUT2D eigenvalue weighted by molar-refractivity contribution is -0.131. The van der Waals surface area contributed by atoms with E-state index in [1.54, 1.807) is 11.1 Å². The van der Waals surface area contributed by atoms with Crippen molar-refractivity contribution < 1.29 is 17.6 Å². The number of carbonyl (C=O) groups is 1. The predicted molar refractivity (Wildman–Crippen MR) is 116 cm³/mol. The van der Waals surface area contributed by atoms with Crippen molar-refractivity contribution in [3.05, 3.63) is 64.5 Å². The maximum absolute atomic E-state index is 13.4. The molecule has 4 rings (SSSR count). The fraction of sp³-hybridized carbons (Fsp3) is 0.250. The maximum atomic E-state index is 13.4. The van der Waals surface area contributed by atoms with E-state index in [-0.39, 0.29) is 48.4 Å². The Bertz CT molecular complexity index is 1200. The van der Waals surface area contributed by atoms with Crippen molar-refractivity contribution in [1.82, 2.24) is 19.2 Å². The van der Waals surface area contributed by atoms with E-state index in [0.717, 1.165) is 22.8 Å². The van der Waals surface area contributed by atoms with Crippen LogP contribution in [0.3, 0.4) is 0 Å². The van der Waals surface area contributed by atoms with Gasteiger partial charge in [-0.15, -0.1) is 11.3 Å². The summed E-state index contributed by atoms with van der Waals surface area (Å²) >= 11 is 7.15. The van der Waals surface area contributed by atoms with Gasteiger partial charge in [-0.2, -0.15) is 4.31 Å². The lowest BCUT2D eigenvalue weighted by atomic mass is 10.2. The zero-order valence-corrected chi connectivity index (χ0v) is 18.6. The van der Waals surface area contributed by atoms with E-state index in [2.05, 4.69) is 9.97 Å². The molecule has 0 bridgehead atoms. The topological polar surface area (TPSA) is 83.5 Å². The molecule has 1 saturated heterocycles. The Morgan fingerprint density at radius 1 is 1.16 bits per heavy atom. The third-order valence-electron chi connectivity index (χ3n) is 4.89. The predicted octanol–water partition coefficient (Wildman–Crippen LogP) is 3.07. The third-order valence-corrected chi connectivity index (χ3v) is 7.99. The van der Waals surface area contributed by atoms with Crippen molar-refractivity contribution in [1.29, 1.82) is 0 Å². The number of sulfonamides is 1. The SMILES string of the molecule is O=C(Cc1csc(-c2ccccn2)n1)N1CCN(S(=O)(=O)c2ccc(F)c(Cl)c2)CC1. The monoisotopic (exact) mass is 480 g/mol. The van der Waals surface area contributed by atoms with Crippen molar-refractivity contribution in [2.24, 2.45) is 0 Å². The van der Waals surface area contributed by atoms with E-state index in [0.29, 0.717) is 5.69 Å². The summed E-state index contributed by atoms with van der Waals surface area (Å²) in [4.78, 5) is 23.0. The Balaban J connectivity index is 1.37. The molecule has 1 aliphatic rings.